The van der Waals surface area contributed by atoms with Gasteiger partial charge in [-0.15, -0.1) is 24.8 Å². The SMILES string of the molecule is C=CCN(CC=C)C(=O)C(Cl)Cl.CCOC(=O)COC(=O)c1cc(Oc2ccc(C(F)(F)F)cc2Cl)ccc1[N+](=O)[O-].CCc1cccc(C)c1N(C(=O)CCl)C(C)COC.CP(=O)(O)CCC(N)C(=O)O. The van der Waals surface area contributed by atoms with Crippen LogP contribution in [0.15, 0.2) is 79.9 Å². The van der Waals surface area contributed by atoms with Crippen molar-refractivity contribution in [2.45, 2.75) is 63.6 Å². The second-order valence-electron chi connectivity index (χ2n) is 14.8. The number of nitro benzene ring substituents is 1. The molecule has 3 aromatic carbocycles. The standard InChI is InChI=1S/C18H13ClF3NO7.C15H22ClNO2.C8H11Cl2NO.C5H12NO4P/c1-2-28-16(24)9-29-17(25)12-8-11(4-5-14(12)23(26)27)30-15-6-3-10(7-13(15)19)18(20,21)22;1-5-13-8-6-7-11(2)15(13)17(14(18)9-16)12(3)10-19-4;1-3-5-11(6-4-2)8(12)7(9)10;1-11(9,10)3-2-4(6)5(7)8/h3-8H,2,9H2,1H3;6-8,12H,5,9-10H2,1-4H3;3-4,7H,1-2,5-6H2;4H,2-3,6H2,1H3,(H,7,8)(H,9,10). The van der Waals surface area contributed by atoms with E-state index >= 15 is 0 Å². The van der Waals surface area contributed by atoms with Gasteiger partial charge in [-0.05, 0) is 69.0 Å². The smallest absolute Gasteiger partial charge is 0.416 e. The monoisotopic (exact) mass is 1120 g/mol. The molecule has 0 bridgehead atoms. The number of para-hydroxylation sites is 1. The number of benzene rings is 3. The zero-order chi connectivity index (χ0) is 55.5. The van der Waals surface area contributed by atoms with Crippen LogP contribution in [0.1, 0.15) is 54.2 Å². The predicted molar refractivity (Wildman–Crippen MR) is 270 cm³/mol. The van der Waals surface area contributed by atoms with Crippen LogP contribution in [0.2, 0.25) is 5.02 Å². The molecule has 0 aliphatic rings. The van der Waals surface area contributed by atoms with Crippen LogP contribution in [0.4, 0.5) is 24.5 Å². The molecule has 26 heteroatoms. The van der Waals surface area contributed by atoms with Crippen molar-refractivity contribution in [2.24, 2.45) is 5.73 Å². The van der Waals surface area contributed by atoms with Crippen molar-refractivity contribution in [1.29, 1.82) is 0 Å². The Morgan fingerprint density at radius 2 is 1.62 bits per heavy atom. The third kappa shape index (κ3) is 24.4. The molecule has 3 aromatic rings. The fourth-order valence-electron chi connectivity index (χ4n) is 5.72. The number of carbonyl (C=O) groups is 5. The summed E-state index contributed by atoms with van der Waals surface area (Å²) in [7, 11) is -1.47. The number of nitro groups is 1. The van der Waals surface area contributed by atoms with E-state index in [2.05, 4.69) is 30.9 Å². The number of hydrogen-bond donors (Lipinski definition) is 3. The number of aryl methyl sites for hydroxylation is 2. The number of nitrogens with zero attached hydrogens (tertiary/aromatic N) is 3. The summed E-state index contributed by atoms with van der Waals surface area (Å²) in [5.74, 6) is -3.93. The van der Waals surface area contributed by atoms with Crippen molar-refractivity contribution >= 4 is 94.9 Å². The van der Waals surface area contributed by atoms with E-state index in [1.807, 2.05) is 26.0 Å². The molecule has 3 unspecified atom stereocenters. The van der Waals surface area contributed by atoms with Crippen molar-refractivity contribution in [3.63, 3.8) is 0 Å². The molecule has 0 fully saturated rings. The Morgan fingerprint density at radius 1 is 1.01 bits per heavy atom. The van der Waals surface area contributed by atoms with Crippen molar-refractivity contribution in [2.75, 3.05) is 63.6 Å². The van der Waals surface area contributed by atoms with Crippen LogP contribution in [0, 0.1) is 17.0 Å². The summed E-state index contributed by atoms with van der Waals surface area (Å²) < 4.78 is 68.6. The highest BCUT2D eigenvalue weighted by atomic mass is 35.5. The molecule has 0 saturated heterocycles. The molecular weight excluding hydrogens is 1060 g/mol. The van der Waals surface area contributed by atoms with Crippen molar-refractivity contribution < 1.29 is 75.6 Å². The van der Waals surface area contributed by atoms with Crippen LogP contribution < -0.4 is 15.4 Å². The minimum absolute atomic E-state index is 0.0223. The first-order chi connectivity index (χ1) is 33.5. The van der Waals surface area contributed by atoms with Crippen LogP contribution in [-0.4, -0.2) is 125 Å². The number of amides is 2. The zero-order valence-electron chi connectivity index (χ0n) is 40.2. The van der Waals surface area contributed by atoms with Crippen molar-refractivity contribution in [1.82, 2.24) is 4.90 Å². The Hall–Kier alpha value is -5.25. The number of carboxylic acid groups (broad SMARTS) is 1. The van der Waals surface area contributed by atoms with Gasteiger partial charge in [-0.1, -0.05) is 72.1 Å². The third-order valence-electron chi connectivity index (χ3n) is 9.04. The lowest BCUT2D eigenvalue weighted by molar-refractivity contribution is -0.385. The van der Waals surface area contributed by atoms with Gasteiger partial charge in [-0.3, -0.25) is 29.1 Å². The molecule has 3 atom stereocenters. The van der Waals surface area contributed by atoms with Crippen molar-refractivity contribution in [3.05, 3.63) is 117 Å². The molecule has 0 radical (unpaired) electrons. The van der Waals surface area contributed by atoms with Gasteiger partial charge in [0.05, 0.1) is 40.5 Å². The van der Waals surface area contributed by atoms with Gasteiger partial charge in [0.15, 0.2) is 18.8 Å². The summed E-state index contributed by atoms with van der Waals surface area (Å²) in [4.78, 5) is 78.2. The summed E-state index contributed by atoms with van der Waals surface area (Å²) in [5.41, 5.74) is 6.14. The Bertz CT molecular complexity index is 2350. The zero-order valence-corrected chi connectivity index (χ0v) is 44.1. The Balaban J connectivity index is 0.00000103. The predicted octanol–water partition coefficient (Wildman–Crippen LogP) is 9.62. The number of alkyl halides is 6. The summed E-state index contributed by atoms with van der Waals surface area (Å²) in [5, 5.41) is 19.1. The average Bonchev–Trinajstić information content (AvgIpc) is 3.30. The lowest BCUT2D eigenvalue weighted by Gasteiger charge is -2.31. The minimum atomic E-state index is -4.61. The third-order valence-corrected chi connectivity index (χ3v) is 11.0. The number of methoxy groups -OCH3 is 1. The van der Waals surface area contributed by atoms with Crippen LogP contribution in [0.3, 0.4) is 0 Å². The molecular formula is C46H58Cl4F3N4O14P. The first kappa shape index (κ1) is 66.8. The maximum atomic E-state index is 12.7. The normalized spacial score (nSPS) is 12.3. The Labute approximate surface area is 435 Å². The van der Waals surface area contributed by atoms with E-state index in [-0.39, 0.29) is 59.4 Å². The number of esters is 2. The topological polar surface area (TPSA) is 255 Å². The van der Waals surface area contributed by atoms with Crippen LogP contribution in [-0.2, 0) is 50.6 Å². The fourth-order valence-corrected chi connectivity index (χ4v) is 7.10. The van der Waals surface area contributed by atoms with Crippen LogP contribution in [0.25, 0.3) is 0 Å². The second-order valence-corrected chi connectivity index (χ2v) is 19.1. The van der Waals surface area contributed by atoms with E-state index in [9.17, 15) is 51.8 Å². The molecule has 0 aliphatic heterocycles. The number of carbonyl (C=O) groups excluding carboxylic acids is 4. The number of nitrogens with two attached hydrogens (primary N) is 1. The molecule has 72 heavy (non-hydrogen) atoms. The molecule has 0 heterocycles. The molecule has 0 saturated carbocycles. The molecule has 400 valence electrons. The van der Waals surface area contributed by atoms with Gasteiger partial charge < -0.3 is 44.5 Å². The molecule has 18 nitrogen and oxygen atoms in total. The van der Waals surface area contributed by atoms with E-state index in [0.717, 1.165) is 53.6 Å². The van der Waals surface area contributed by atoms with Gasteiger partial charge in [0.2, 0.25) is 5.91 Å². The van der Waals surface area contributed by atoms with E-state index in [1.165, 1.54) is 18.5 Å². The molecule has 0 aliphatic carbocycles. The molecule has 0 spiro atoms. The van der Waals surface area contributed by atoms with Gasteiger partial charge in [-0.25, -0.2) is 9.59 Å². The number of carboxylic acids is 1. The number of ether oxygens (including phenoxy) is 4. The summed E-state index contributed by atoms with van der Waals surface area (Å²) in [6, 6.07) is 10.4. The molecule has 0 aromatic heterocycles. The van der Waals surface area contributed by atoms with Gasteiger partial charge in [0.25, 0.3) is 11.6 Å². The van der Waals surface area contributed by atoms with Crippen LogP contribution >= 0.6 is 53.8 Å². The summed E-state index contributed by atoms with van der Waals surface area (Å²) >= 11 is 22.4. The molecule has 3 rings (SSSR count). The molecule has 2 amide bonds. The highest BCUT2D eigenvalue weighted by Crippen LogP contribution is 2.38. The maximum absolute atomic E-state index is 12.7. The lowest BCUT2D eigenvalue weighted by atomic mass is 10.0. The largest absolute Gasteiger partial charge is 0.480 e. The lowest BCUT2D eigenvalue weighted by Crippen LogP contribution is -2.43. The van der Waals surface area contributed by atoms with Gasteiger partial charge >= 0.3 is 24.1 Å². The van der Waals surface area contributed by atoms with Crippen LogP contribution in [0.5, 0.6) is 11.5 Å². The highest BCUT2D eigenvalue weighted by molar-refractivity contribution is 7.57. The van der Waals surface area contributed by atoms with E-state index < -0.39 is 70.7 Å². The van der Waals surface area contributed by atoms with E-state index in [4.69, 9.17) is 76.3 Å². The quantitative estimate of drug-likeness (QED) is 0.0211. The van der Waals surface area contributed by atoms with Gasteiger partial charge in [0.1, 0.15) is 29.0 Å². The number of aliphatic carboxylic acids is 1. The first-order valence-corrected chi connectivity index (χ1v) is 25.3. The maximum Gasteiger partial charge on any atom is 0.416 e. The fraction of sp³-hybridized carbons (Fsp3) is 0.413. The van der Waals surface area contributed by atoms with E-state index in [0.29, 0.717) is 25.8 Å². The number of halogens is 7. The summed E-state index contributed by atoms with van der Waals surface area (Å²) in [6.45, 7) is 16.5. The highest BCUT2D eigenvalue weighted by Gasteiger charge is 2.31. The molecule has 4 N–H and O–H groups in total. The van der Waals surface area contributed by atoms with E-state index in [1.54, 1.807) is 24.2 Å². The number of rotatable bonds is 22. The Kier molecular flexibility index (Phi) is 31.0. The number of hydrogen-bond acceptors (Lipinski definition) is 13. The van der Waals surface area contributed by atoms with Crippen molar-refractivity contribution in [3.8, 4) is 11.5 Å². The van der Waals surface area contributed by atoms with Gasteiger partial charge in [0, 0.05) is 45.2 Å². The Morgan fingerprint density at radius 3 is 2.08 bits per heavy atom. The minimum Gasteiger partial charge on any atom is -0.480 e. The summed E-state index contributed by atoms with van der Waals surface area (Å²) in [6.07, 6.45) is -0.511. The first-order valence-electron chi connectivity index (χ1n) is 21.2. The average molecular weight is 1120 g/mol. The second kappa shape index (κ2) is 33.5. The van der Waals surface area contributed by atoms with Gasteiger partial charge in [-0.2, -0.15) is 13.2 Å². The number of anilines is 1.